The number of carbonyl (C=O) groups excluding carboxylic acids is 1. The number of carbonyl (C=O) groups is 1. The summed E-state index contributed by atoms with van der Waals surface area (Å²) < 4.78 is 7.33. The van der Waals surface area contributed by atoms with Crippen LogP contribution in [-0.4, -0.2) is 18.7 Å². The van der Waals surface area contributed by atoms with Gasteiger partial charge in [0.15, 0.2) is 6.61 Å². The second-order valence-corrected chi connectivity index (χ2v) is 6.85. The molecule has 0 saturated carbocycles. The molecule has 0 atom stereocenters. The molecule has 3 aromatic carbocycles. The Morgan fingerprint density at radius 3 is 2.64 bits per heavy atom. The average Bonchev–Trinajstić information content (AvgIpc) is 2.63. The van der Waals surface area contributed by atoms with Crippen molar-refractivity contribution in [3.8, 4) is 5.75 Å². The van der Waals surface area contributed by atoms with Crippen molar-refractivity contribution < 1.29 is 9.53 Å². The Bertz CT molecular complexity index is 942. The maximum absolute atomic E-state index is 11.9. The molecule has 0 aliphatic rings. The molecule has 0 unspecified atom stereocenters. The molecule has 0 aliphatic heterocycles. The van der Waals surface area contributed by atoms with Crippen LogP contribution in [0.5, 0.6) is 5.75 Å². The molecule has 1 N–H and O–H groups in total. The monoisotopic (exact) mass is 460 g/mol. The molecule has 0 saturated heterocycles. The van der Waals surface area contributed by atoms with Crippen molar-refractivity contribution in [1.82, 2.24) is 5.43 Å². The van der Waals surface area contributed by atoms with Gasteiger partial charge in [-0.3, -0.25) is 4.79 Å². The summed E-state index contributed by atoms with van der Waals surface area (Å²) in [5.41, 5.74) is 3.33. The van der Waals surface area contributed by atoms with E-state index in [9.17, 15) is 4.79 Å². The van der Waals surface area contributed by atoms with E-state index in [1.165, 1.54) is 0 Å². The molecule has 6 heteroatoms. The number of hydrogen-bond acceptors (Lipinski definition) is 3. The van der Waals surface area contributed by atoms with Crippen molar-refractivity contribution in [1.29, 1.82) is 0 Å². The number of amides is 1. The molecule has 0 bridgehead atoms. The van der Waals surface area contributed by atoms with Gasteiger partial charge in [-0.05, 0) is 38.8 Å². The number of benzene rings is 3. The zero-order chi connectivity index (χ0) is 17.6. The Hall–Kier alpha value is -2.18. The summed E-state index contributed by atoms with van der Waals surface area (Å²) in [5.74, 6) is 0.284. The van der Waals surface area contributed by atoms with Gasteiger partial charge in [-0.15, -0.1) is 0 Å². The zero-order valence-corrected chi connectivity index (χ0v) is 16.2. The molecule has 0 aliphatic carbocycles. The first-order valence-electron chi connectivity index (χ1n) is 7.51. The highest BCUT2D eigenvalue weighted by molar-refractivity contribution is 9.11. The number of nitrogens with zero attached hydrogens (tertiary/aromatic N) is 1. The van der Waals surface area contributed by atoms with Crippen molar-refractivity contribution in [2.75, 3.05) is 6.61 Å². The van der Waals surface area contributed by atoms with Crippen LogP contribution in [0.2, 0.25) is 0 Å². The molecule has 25 heavy (non-hydrogen) atoms. The van der Waals surface area contributed by atoms with Gasteiger partial charge < -0.3 is 4.74 Å². The Morgan fingerprint density at radius 1 is 1.04 bits per heavy atom. The Balaban J connectivity index is 1.59. The van der Waals surface area contributed by atoms with Gasteiger partial charge in [-0.25, -0.2) is 5.43 Å². The number of ether oxygens (including phenoxy) is 1. The maximum Gasteiger partial charge on any atom is 0.277 e. The van der Waals surface area contributed by atoms with Gasteiger partial charge in [0.1, 0.15) is 5.75 Å². The van der Waals surface area contributed by atoms with E-state index in [0.717, 1.165) is 25.3 Å². The minimum Gasteiger partial charge on any atom is -0.483 e. The topological polar surface area (TPSA) is 50.7 Å². The summed E-state index contributed by atoms with van der Waals surface area (Å²) in [6.07, 6.45) is 1.58. The largest absolute Gasteiger partial charge is 0.483 e. The van der Waals surface area contributed by atoms with Gasteiger partial charge in [0.05, 0.1) is 10.7 Å². The van der Waals surface area contributed by atoms with Crippen molar-refractivity contribution in [3.05, 3.63) is 75.2 Å². The van der Waals surface area contributed by atoms with Crippen molar-refractivity contribution in [2.45, 2.75) is 0 Å². The second kappa shape index (κ2) is 8.27. The quantitative estimate of drug-likeness (QED) is 0.434. The fraction of sp³-hybridized carbons (Fsp3) is 0.0526. The summed E-state index contributed by atoms with van der Waals surface area (Å²) >= 11 is 6.95. The lowest BCUT2D eigenvalue weighted by Gasteiger charge is -2.09. The van der Waals surface area contributed by atoms with Crippen LogP contribution >= 0.6 is 31.9 Å². The third-order valence-electron chi connectivity index (χ3n) is 3.48. The molecular weight excluding hydrogens is 448 g/mol. The lowest BCUT2D eigenvalue weighted by Crippen LogP contribution is -2.24. The van der Waals surface area contributed by atoms with Crippen LogP contribution in [0.3, 0.4) is 0 Å². The standard InChI is InChI=1S/C19H14Br2N2O2/c20-16-8-4-2-6-14(16)11-22-23-18(24)12-25-17-10-9-13-5-1-3-7-15(13)19(17)21/h1-11H,12H2,(H,23,24)/b22-11-. The first kappa shape index (κ1) is 17.6. The first-order valence-corrected chi connectivity index (χ1v) is 9.10. The van der Waals surface area contributed by atoms with E-state index in [4.69, 9.17) is 4.74 Å². The smallest absolute Gasteiger partial charge is 0.277 e. The Labute approximate surface area is 162 Å². The molecule has 0 fully saturated rings. The van der Waals surface area contributed by atoms with Crippen molar-refractivity contribution in [3.63, 3.8) is 0 Å². The second-order valence-electron chi connectivity index (χ2n) is 5.20. The van der Waals surface area contributed by atoms with Gasteiger partial charge in [0.2, 0.25) is 0 Å². The third kappa shape index (κ3) is 4.46. The molecular formula is C19H14Br2N2O2. The van der Waals surface area contributed by atoms with E-state index in [2.05, 4.69) is 42.4 Å². The predicted octanol–water partition coefficient (Wildman–Crippen LogP) is 4.89. The molecule has 0 heterocycles. The zero-order valence-electron chi connectivity index (χ0n) is 13.1. The molecule has 1 amide bonds. The van der Waals surface area contributed by atoms with E-state index >= 15 is 0 Å². The lowest BCUT2D eigenvalue weighted by atomic mass is 10.1. The molecule has 126 valence electrons. The summed E-state index contributed by atoms with van der Waals surface area (Å²) in [7, 11) is 0. The fourth-order valence-corrected chi connectivity index (χ4v) is 3.25. The number of halogens is 2. The molecule has 3 aromatic rings. The fourth-order valence-electron chi connectivity index (χ4n) is 2.25. The average molecular weight is 462 g/mol. The summed E-state index contributed by atoms with van der Waals surface area (Å²) in [6.45, 7) is -0.121. The van der Waals surface area contributed by atoms with Gasteiger partial charge in [0.25, 0.3) is 5.91 Å². The highest BCUT2D eigenvalue weighted by Crippen LogP contribution is 2.32. The molecule has 0 radical (unpaired) electrons. The van der Waals surface area contributed by atoms with Crippen LogP contribution in [0.4, 0.5) is 0 Å². The summed E-state index contributed by atoms with van der Waals surface area (Å²) in [6, 6.07) is 19.4. The van der Waals surface area contributed by atoms with Crippen LogP contribution in [0, 0.1) is 0 Å². The van der Waals surface area contributed by atoms with Crippen molar-refractivity contribution >= 4 is 54.8 Å². The highest BCUT2D eigenvalue weighted by Gasteiger charge is 2.08. The Morgan fingerprint density at radius 2 is 1.80 bits per heavy atom. The molecule has 0 spiro atoms. The maximum atomic E-state index is 11.9. The molecule has 3 rings (SSSR count). The highest BCUT2D eigenvalue weighted by atomic mass is 79.9. The SMILES string of the molecule is O=C(COc1ccc2ccccc2c1Br)N/N=C\c1ccccc1Br. The van der Waals surface area contributed by atoms with Gasteiger partial charge in [0, 0.05) is 10.0 Å². The van der Waals surface area contributed by atoms with Crippen LogP contribution in [-0.2, 0) is 4.79 Å². The van der Waals surface area contributed by atoms with Crippen LogP contribution in [0.25, 0.3) is 10.8 Å². The lowest BCUT2D eigenvalue weighted by molar-refractivity contribution is -0.123. The van der Waals surface area contributed by atoms with E-state index in [1.54, 1.807) is 6.21 Å². The van der Waals surface area contributed by atoms with Gasteiger partial charge in [-0.2, -0.15) is 5.10 Å². The van der Waals surface area contributed by atoms with Gasteiger partial charge >= 0.3 is 0 Å². The minimum absolute atomic E-state index is 0.121. The predicted molar refractivity (Wildman–Crippen MR) is 107 cm³/mol. The number of hydrogen-bond donors (Lipinski definition) is 1. The van der Waals surface area contributed by atoms with E-state index < -0.39 is 0 Å². The normalized spacial score (nSPS) is 11.0. The molecule has 4 nitrogen and oxygen atoms in total. The number of nitrogens with one attached hydrogen (secondary N) is 1. The number of hydrazone groups is 1. The number of fused-ring (bicyclic) bond motifs is 1. The van der Waals surface area contributed by atoms with Crippen molar-refractivity contribution in [2.24, 2.45) is 5.10 Å². The first-order chi connectivity index (χ1) is 12.1. The van der Waals surface area contributed by atoms with E-state index in [1.807, 2.05) is 60.7 Å². The van der Waals surface area contributed by atoms with Crippen LogP contribution in [0.15, 0.2) is 74.7 Å². The summed E-state index contributed by atoms with van der Waals surface area (Å²) in [5, 5.41) is 6.08. The Kier molecular flexibility index (Phi) is 5.83. The summed E-state index contributed by atoms with van der Waals surface area (Å²) in [4.78, 5) is 11.9. The van der Waals surface area contributed by atoms with Crippen LogP contribution in [0.1, 0.15) is 5.56 Å². The third-order valence-corrected chi connectivity index (χ3v) is 5.02. The number of rotatable bonds is 5. The van der Waals surface area contributed by atoms with Gasteiger partial charge in [-0.1, -0.05) is 64.5 Å². The van der Waals surface area contributed by atoms with Crippen LogP contribution < -0.4 is 10.2 Å². The molecule has 0 aromatic heterocycles. The van der Waals surface area contributed by atoms with E-state index in [-0.39, 0.29) is 12.5 Å². The minimum atomic E-state index is -0.330. The van der Waals surface area contributed by atoms with E-state index in [0.29, 0.717) is 5.75 Å².